The third-order valence-electron chi connectivity index (χ3n) is 2.69. The number of anilines is 1. The van der Waals surface area contributed by atoms with Crippen molar-refractivity contribution in [1.29, 1.82) is 0 Å². The van der Waals surface area contributed by atoms with Gasteiger partial charge in [0.15, 0.2) is 0 Å². The molecule has 96 valence electrons. The van der Waals surface area contributed by atoms with Gasteiger partial charge in [0.2, 0.25) is 0 Å². The Hall–Kier alpha value is -0.390. The summed E-state index contributed by atoms with van der Waals surface area (Å²) in [5.74, 6) is 0. The van der Waals surface area contributed by atoms with Crippen molar-refractivity contribution in [2.45, 2.75) is 0 Å². The minimum atomic E-state index is -3.17. The van der Waals surface area contributed by atoms with Crippen molar-refractivity contribution in [1.82, 2.24) is 0 Å². The minimum absolute atomic E-state index is 1.07. The molecule has 0 aromatic heterocycles. The molecular formula is C14H15Cl2NTe. The first-order chi connectivity index (χ1) is 8.51. The summed E-state index contributed by atoms with van der Waals surface area (Å²) in [5.41, 5.74) is 1.15. The molecular weight excluding hydrogens is 381 g/mol. The zero-order valence-electron chi connectivity index (χ0n) is 10.3. The summed E-state index contributed by atoms with van der Waals surface area (Å²) in [7, 11) is 17.4. The number of hydrogen-bond acceptors (Lipinski definition) is 1. The summed E-state index contributed by atoms with van der Waals surface area (Å²) in [6.45, 7) is 0. The average Bonchev–Trinajstić information content (AvgIpc) is 2.40. The molecule has 0 heterocycles. The van der Waals surface area contributed by atoms with Crippen LogP contribution in [0.5, 0.6) is 0 Å². The van der Waals surface area contributed by atoms with Crippen molar-refractivity contribution in [3.8, 4) is 0 Å². The van der Waals surface area contributed by atoms with Gasteiger partial charge in [0.25, 0.3) is 0 Å². The fourth-order valence-electron chi connectivity index (χ4n) is 1.64. The molecule has 0 aliphatic heterocycles. The standard InChI is InChI=1S/C14H15Cl2NTe/c1-17(2)12-8-10-14(11-9-12)18(15,16)13-6-4-3-5-7-13/h3-11H,1-2H3. The van der Waals surface area contributed by atoms with Crippen LogP contribution in [-0.2, 0) is 0 Å². The molecule has 2 rings (SSSR count). The second-order valence-electron chi connectivity index (χ2n) is 4.17. The van der Waals surface area contributed by atoms with Gasteiger partial charge in [0, 0.05) is 0 Å². The fourth-order valence-corrected chi connectivity index (χ4v) is 7.97. The zero-order chi connectivity index (χ0) is 13.2. The summed E-state index contributed by atoms with van der Waals surface area (Å²) in [5, 5.41) is 0. The first-order valence-electron chi connectivity index (χ1n) is 5.57. The van der Waals surface area contributed by atoms with E-state index in [0.717, 1.165) is 12.9 Å². The van der Waals surface area contributed by atoms with E-state index >= 15 is 0 Å². The number of nitrogens with zero attached hydrogens (tertiary/aromatic N) is 1. The molecule has 0 radical (unpaired) electrons. The van der Waals surface area contributed by atoms with Crippen molar-refractivity contribution in [2.75, 3.05) is 19.0 Å². The molecule has 1 nitrogen and oxygen atoms in total. The molecule has 0 spiro atoms. The number of benzene rings is 2. The van der Waals surface area contributed by atoms with Crippen LogP contribution in [0.3, 0.4) is 0 Å². The van der Waals surface area contributed by atoms with Crippen LogP contribution in [0.15, 0.2) is 54.6 Å². The van der Waals surface area contributed by atoms with Gasteiger partial charge in [-0.1, -0.05) is 0 Å². The number of hydrogen-bond donors (Lipinski definition) is 0. The van der Waals surface area contributed by atoms with Crippen molar-refractivity contribution >= 4 is 46.8 Å². The Morgan fingerprint density at radius 2 is 1.28 bits per heavy atom. The molecule has 0 saturated heterocycles. The van der Waals surface area contributed by atoms with Crippen LogP contribution in [0, 0.1) is 0 Å². The van der Waals surface area contributed by atoms with Crippen molar-refractivity contribution in [2.24, 2.45) is 0 Å². The second-order valence-corrected chi connectivity index (χ2v) is 16.8. The van der Waals surface area contributed by atoms with E-state index in [1.54, 1.807) is 0 Å². The molecule has 0 fully saturated rings. The molecule has 0 aliphatic rings. The fraction of sp³-hybridized carbons (Fsp3) is 0.143. The Kier molecular flexibility index (Phi) is 4.45. The summed E-state index contributed by atoms with van der Waals surface area (Å²) >= 11 is -3.17. The Morgan fingerprint density at radius 1 is 0.778 bits per heavy atom. The molecule has 0 aliphatic carbocycles. The first-order valence-corrected chi connectivity index (χ1v) is 13.8. The summed E-state index contributed by atoms with van der Waals surface area (Å²) < 4.78 is 2.14. The predicted octanol–water partition coefficient (Wildman–Crippen LogP) is 2.79. The first kappa shape index (κ1) is 14.0. The third-order valence-corrected chi connectivity index (χ3v) is 12.4. The van der Waals surface area contributed by atoms with Crippen molar-refractivity contribution in [3.63, 3.8) is 0 Å². The zero-order valence-corrected chi connectivity index (χ0v) is 14.1. The molecule has 0 atom stereocenters. The Bertz CT molecular complexity index is 509. The second kappa shape index (κ2) is 5.72. The van der Waals surface area contributed by atoms with E-state index in [0.29, 0.717) is 0 Å². The van der Waals surface area contributed by atoms with Crippen LogP contribution in [0.4, 0.5) is 5.69 Å². The van der Waals surface area contributed by atoms with E-state index < -0.39 is 15.9 Å². The third kappa shape index (κ3) is 2.95. The SMILES string of the molecule is CN(C)c1ccc([Te](Cl)(Cl)c2ccccc2)cc1. The van der Waals surface area contributed by atoms with Gasteiger partial charge in [-0.15, -0.1) is 0 Å². The van der Waals surface area contributed by atoms with Crippen LogP contribution >= 0.6 is 17.9 Å². The summed E-state index contributed by atoms with van der Waals surface area (Å²) in [4.78, 5) is 2.06. The van der Waals surface area contributed by atoms with Gasteiger partial charge in [-0.2, -0.15) is 0 Å². The van der Waals surface area contributed by atoms with Gasteiger partial charge in [0.1, 0.15) is 0 Å². The number of rotatable bonds is 3. The maximum atomic E-state index is 6.66. The Labute approximate surface area is 120 Å². The molecule has 2 aromatic rings. The van der Waals surface area contributed by atoms with E-state index in [1.165, 1.54) is 0 Å². The van der Waals surface area contributed by atoms with Gasteiger partial charge < -0.3 is 0 Å². The summed E-state index contributed by atoms with van der Waals surface area (Å²) in [6.07, 6.45) is 0. The van der Waals surface area contributed by atoms with E-state index in [2.05, 4.69) is 17.0 Å². The average molecular weight is 396 g/mol. The molecule has 18 heavy (non-hydrogen) atoms. The van der Waals surface area contributed by atoms with Gasteiger partial charge >= 0.3 is 120 Å². The van der Waals surface area contributed by atoms with Crippen molar-refractivity contribution < 1.29 is 0 Å². The van der Waals surface area contributed by atoms with Crippen LogP contribution in [0.2, 0.25) is 0 Å². The van der Waals surface area contributed by atoms with E-state index in [1.807, 2.05) is 56.6 Å². The molecule has 0 amide bonds. The van der Waals surface area contributed by atoms with Gasteiger partial charge in [-0.3, -0.25) is 0 Å². The Morgan fingerprint density at radius 3 is 1.78 bits per heavy atom. The van der Waals surface area contributed by atoms with Gasteiger partial charge in [-0.25, -0.2) is 0 Å². The van der Waals surface area contributed by atoms with Crippen molar-refractivity contribution in [3.05, 3.63) is 54.6 Å². The topological polar surface area (TPSA) is 3.24 Å². The number of halogens is 2. The molecule has 0 saturated carbocycles. The van der Waals surface area contributed by atoms with E-state index in [9.17, 15) is 0 Å². The predicted molar refractivity (Wildman–Crippen MR) is 83.9 cm³/mol. The molecule has 0 unspecified atom stereocenters. The van der Waals surface area contributed by atoms with Crippen LogP contribution in [-0.4, -0.2) is 30.0 Å². The molecule has 4 heteroatoms. The summed E-state index contributed by atoms with van der Waals surface area (Å²) in [6, 6.07) is 18.2. The van der Waals surface area contributed by atoms with E-state index in [4.69, 9.17) is 17.9 Å². The van der Waals surface area contributed by atoms with Crippen LogP contribution < -0.4 is 12.1 Å². The molecule has 0 bridgehead atoms. The van der Waals surface area contributed by atoms with Crippen LogP contribution in [0.1, 0.15) is 0 Å². The molecule has 0 N–H and O–H groups in total. The van der Waals surface area contributed by atoms with Gasteiger partial charge in [-0.05, 0) is 0 Å². The Balaban J connectivity index is 2.36. The quantitative estimate of drug-likeness (QED) is 0.722. The maximum absolute atomic E-state index is 6.66. The van der Waals surface area contributed by atoms with Gasteiger partial charge in [0.05, 0.1) is 0 Å². The monoisotopic (exact) mass is 397 g/mol. The van der Waals surface area contributed by atoms with Crippen LogP contribution in [0.25, 0.3) is 0 Å². The van der Waals surface area contributed by atoms with E-state index in [-0.39, 0.29) is 0 Å². The molecule has 2 aromatic carbocycles. The normalized spacial score (nSPS) is 12.2.